The molecule has 0 saturated heterocycles. The summed E-state index contributed by atoms with van der Waals surface area (Å²) in [6.07, 6.45) is 1.24. The molecule has 2 heterocycles. The Morgan fingerprint density at radius 1 is 1.10 bits per heavy atom. The predicted octanol–water partition coefficient (Wildman–Crippen LogP) is 4.57. The molecule has 0 fully saturated rings. The molecule has 3 aromatic carbocycles. The molecule has 1 aliphatic heterocycles. The highest BCUT2D eigenvalue weighted by atomic mass is 35.5. The second-order valence-corrected chi connectivity index (χ2v) is 10.6. The van der Waals surface area contributed by atoms with Crippen molar-refractivity contribution < 1.29 is 18.3 Å². The second-order valence-electron chi connectivity index (χ2n) is 8.77. The summed E-state index contributed by atoms with van der Waals surface area (Å²) in [5.41, 5.74) is 5.34. The van der Waals surface area contributed by atoms with E-state index in [0.29, 0.717) is 11.4 Å². The van der Waals surface area contributed by atoms with E-state index in [9.17, 15) is 19.2 Å². The Bertz CT molecular complexity index is 1940. The molecule has 7 nitrogen and oxygen atoms in total. The number of anilines is 1. The van der Waals surface area contributed by atoms with Crippen molar-refractivity contribution in [2.24, 2.45) is 5.73 Å². The zero-order valence-corrected chi connectivity index (χ0v) is 23.4. The molecule has 0 saturated carbocycles. The molecule has 0 spiro atoms. The summed E-state index contributed by atoms with van der Waals surface area (Å²) in [5.74, 6) is -3.33. The molecule has 0 radical (unpaired) electrons. The van der Waals surface area contributed by atoms with E-state index in [1.807, 2.05) is 6.07 Å². The van der Waals surface area contributed by atoms with E-state index in [0.717, 1.165) is 22.0 Å². The van der Waals surface area contributed by atoms with Gasteiger partial charge in [0.15, 0.2) is 0 Å². The molecule has 5 rings (SSSR count). The number of nitrogens with two attached hydrogens (primary N) is 1. The molecule has 1 unspecified atom stereocenters. The second kappa shape index (κ2) is 11.2. The molecule has 12 heteroatoms. The van der Waals surface area contributed by atoms with Gasteiger partial charge in [0, 0.05) is 21.8 Å². The Kier molecular flexibility index (Phi) is 7.69. The number of thiazole rings is 1. The summed E-state index contributed by atoms with van der Waals surface area (Å²) in [6.45, 7) is 0. The number of nitriles is 1. The highest BCUT2D eigenvalue weighted by Crippen LogP contribution is 2.41. The topological polar surface area (TPSA) is 110 Å². The van der Waals surface area contributed by atoms with Crippen molar-refractivity contribution in [3.8, 4) is 11.8 Å². The van der Waals surface area contributed by atoms with Gasteiger partial charge in [-0.05, 0) is 54.6 Å². The molecular formula is C29H18Cl2F2N4O3S. The zero-order chi connectivity index (χ0) is 29.4. The van der Waals surface area contributed by atoms with Crippen LogP contribution in [0.3, 0.4) is 0 Å². The van der Waals surface area contributed by atoms with Crippen molar-refractivity contribution >= 4 is 63.6 Å². The smallest absolute Gasteiger partial charge is 0.274 e. The Morgan fingerprint density at radius 3 is 2.37 bits per heavy atom. The van der Waals surface area contributed by atoms with Gasteiger partial charge < -0.3 is 15.8 Å². The first kappa shape index (κ1) is 28.1. The van der Waals surface area contributed by atoms with Crippen LogP contribution in [0.15, 0.2) is 71.0 Å². The van der Waals surface area contributed by atoms with Gasteiger partial charge in [0.2, 0.25) is 0 Å². The van der Waals surface area contributed by atoms with E-state index in [2.05, 4.69) is 5.32 Å². The molecular weight excluding hydrogens is 593 g/mol. The summed E-state index contributed by atoms with van der Waals surface area (Å²) in [7, 11) is 1.49. The van der Waals surface area contributed by atoms with Gasteiger partial charge in [-0.25, -0.2) is 8.78 Å². The van der Waals surface area contributed by atoms with Gasteiger partial charge in [-0.1, -0.05) is 35.3 Å². The molecule has 1 aromatic heterocycles. The quantitative estimate of drug-likeness (QED) is 0.344. The van der Waals surface area contributed by atoms with E-state index in [4.69, 9.17) is 33.7 Å². The number of fused-ring (bicyclic) bond motifs is 1. The van der Waals surface area contributed by atoms with Crippen molar-refractivity contribution in [2.75, 3.05) is 12.4 Å². The highest BCUT2D eigenvalue weighted by Gasteiger charge is 2.38. The van der Waals surface area contributed by atoms with E-state index >= 15 is 4.39 Å². The van der Waals surface area contributed by atoms with Crippen LogP contribution < -0.4 is 30.5 Å². The lowest BCUT2D eigenvalue weighted by atomic mass is 9.83. The van der Waals surface area contributed by atoms with Crippen molar-refractivity contribution in [2.45, 2.75) is 5.92 Å². The van der Waals surface area contributed by atoms with Gasteiger partial charge in [-0.3, -0.25) is 14.2 Å². The largest absolute Gasteiger partial charge is 0.497 e. The SMILES string of the molecule is COc1ccc(NC(=O)C2=c3s/c(=C\c4c(F)cccc4Cl)c(=O)n3C(N)=C(C#N)C2c2c(F)cccc2Cl)cc1. The zero-order valence-electron chi connectivity index (χ0n) is 21.0. The fourth-order valence-corrected chi connectivity index (χ4v) is 6.14. The number of methoxy groups -OCH3 is 1. The normalized spacial score (nSPS) is 15.0. The number of carbonyl (C=O) groups is 1. The third-order valence-corrected chi connectivity index (χ3v) is 8.19. The summed E-state index contributed by atoms with van der Waals surface area (Å²) in [5, 5.41) is 12.9. The van der Waals surface area contributed by atoms with Crippen molar-refractivity contribution in [3.63, 3.8) is 0 Å². The molecule has 206 valence electrons. The Morgan fingerprint density at radius 2 is 1.76 bits per heavy atom. The molecule has 41 heavy (non-hydrogen) atoms. The number of nitrogens with zero attached hydrogens (tertiary/aromatic N) is 2. The van der Waals surface area contributed by atoms with Gasteiger partial charge >= 0.3 is 0 Å². The number of carbonyl (C=O) groups excluding carboxylic acids is 1. The van der Waals surface area contributed by atoms with Crippen LogP contribution >= 0.6 is 34.5 Å². The standard InChI is InChI=1S/C29H18Cl2F2N4O3S/c1-40-15-10-8-14(9-11-15)36-27(38)25-23(24-19(31)5-3-7-21(24)33)17(13-34)26(35)37-28(39)22(41-29(25)37)12-16-18(30)4-2-6-20(16)32/h2-12,23H,35H2,1H3,(H,36,38)/b22-12-. The van der Waals surface area contributed by atoms with Crippen LogP contribution in [0.4, 0.5) is 14.5 Å². The number of hydrogen-bond acceptors (Lipinski definition) is 6. The summed E-state index contributed by atoms with van der Waals surface area (Å²) >= 11 is 13.4. The third kappa shape index (κ3) is 5.00. The number of halogens is 4. The fraction of sp³-hybridized carbons (Fsp3) is 0.0690. The van der Waals surface area contributed by atoms with E-state index < -0.39 is 29.0 Å². The van der Waals surface area contributed by atoms with Crippen molar-refractivity contribution in [3.05, 3.63) is 119 Å². The minimum Gasteiger partial charge on any atom is -0.497 e. The number of amides is 1. The summed E-state index contributed by atoms with van der Waals surface area (Å²) in [6, 6.07) is 16.3. The Labute approximate surface area is 245 Å². The van der Waals surface area contributed by atoms with Crippen LogP contribution in [0.25, 0.3) is 17.5 Å². The number of ether oxygens (including phenoxy) is 1. The number of hydrogen-bond donors (Lipinski definition) is 2. The Hall–Kier alpha value is -4.43. The first-order chi connectivity index (χ1) is 19.7. The average molecular weight is 611 g/mol. The molecule has 4 aromatic rings. The fourth-order valence-electron chi connectivity index (χ4n) is 4.50. The minimum absolute atomic E-state index is 0.0144. The molecule has 3 N–H and O–H groups in total. The number of aromatic nitrogens is 1. The summed E-state index contributed by atoms with van der Waals surface area (Å²) < 4.78 is 36.0. The molecule has 1 aliphatic rings. The lowest BCUT2D eigenvalue weighted by Crippen LogP contribution is -2.41. The van der Waals surface area contributed by atoms with Gasteiger partial charge in [0.25, 0.3) is 11.5 Å². The van der Waals surface area contributed by atoms with Crippen LogP contribution in [0.2, 0.25) is 10.0 Å². The third-order valence-electron chi connectivity index (χ3n) is 6.42. The van der Waals surface area contributed by atoms with E-state index in [1.165, 1.54) is 43.5 Å². The molecule has 1 atom stereocenters. The molecule has 0 aliphatic carbocycles. The van der Waals surface area contributed by atoms with Gasteiger partial charge in [0.05, 0.1) is 39.8 Å². The van der Waals surface area contributed by atoms with E-state index in [-0.39, 0.29) is 47.3 Å². The summed E-state index contributed by atoms with van der Waals surface area (Å²) in [4.78, 5) is 27.5. The lowest BCUT2D eigenvalue weighted by molar-refractivity contribution is -0.111. The van der Waals surface area contributed by atoms with Crippen molar-refractivity contribution in [1.82, 2.24) is 4.57 Å². The maximum Gasteiger partial charge on any atom is 0.274 e. The monoisotopic (exact) mass is 610 g/mol. The maximum absolute atomic E-state index is 15.3. The van der Waals surface area contributed by atoms with Crippen LogP contribution in [0.1, 0.15) is 17.0 Å². The highest BCUT2D eigenvalue weighted by molar-refractivity contribution is 7.07. The molecule has 0 bridgehead atoms. The van der Waals surface area contributed by atoms with Crippen molar-refractivity contribution in [1.29, 1.82) is 5.26 Å². The first-order valence-electron chi connectivity index (χ1n) is 11.9. The minimum atomic E-state index is -1.37. The van der Waals surface area contributed by atoms with Crippen LogP contribution in [-0.4, -0.2) is 17.6 Å². The van der Waals surface area contributed by atoms with Crippen LogP contribution in [-0.2, 0) is 4.79 Å². The average Bonchev–Trinajstić information content (AvgIpc) is 3.27. The van der Waals surface area contributed by atoms with Gasteiger partial charge in [0.1, 0.15) is 27.9 Å². The number of nitrogens with one attached hydrogen (secondary N) is 1. The molecule has 1 amide bonds. The van der Waals surface area contributed by atoms with Gasteiger partial charge in [-0.2, -0.15) is 5.26 Å². The lowest BCUT2D eigenvalue weighted by Gasteiger charge is -2.26. The number of rotatable bonds is 5. The first-order valence-corrected chi connectivity index (χ1v) is 13.4. The maximum atomic E-state index is 15.3. The predicted molar refractivity (Wildman–Crippen MR) is 155 cm³/mol. The Balaban J connectivity index is 1.84. The van der Waals surface area contributed by atoms with Gasteiger partial charge in [-0.15, -0.1) is 11.3 Å². The van der Waals surface area contributed by atoms with Crippen LogP contribution in [0.5, 0.6) is 5.75 Å². The van der Waals surface area contributed by atoms with Crippen LogP contribution in [0, 0.1) is 23.0 Å². The number of allylic oxidation sites excluding steroid dienone is 1. The number of benzene rings is 3. The van der Waals surface area contributed by atoms with E-state index in [1.54, 1.807) is 24.3 Å².